The van der Waals surface area contributed by atoms with E-state index in [0.29, 0.717) is 0 Å². The third-order valence-corrected chi connectivity index (χ3v) is 3.59. The lowest BCUT2D eigenvalue weighted by Crippen LogP contribution is -2.17. The number of hydrogen-bond acceptors (Lipinski definition) is 4. The maximum atomic E-state index is 9.38. The molecule has 4 rings (SSSR count). The van der Waals surface area contributed by atoms with Gasteiger partial charge in [0.2, 0.25) is 0 Å². The molecule has 1 saturated carbocycles. The van der Waals surface area contributed by atoms with Crippen molar-refractivity contribution in [3.8, 4) is 28.7 Å². The minimum absolute atomic E-state index is 0.0140. The van der Waals surface area contributed by atoms with E-state index in [-0.39, 0.29) is 41.2 Å². The molecule has 0 bridgehead atoms. The second-order valence-corrected chi connectivity index (χ2v) is 4.93. The number of H-pyrrole nitrogens is 1. The third kappa shape index (κ3) is 2.48. The molecule has 116 valence electrons. The van der Waals surface area contributed by atoms with Crippen LogP contribution in [0.15, 0.2) is 30.9 Å². The van der Waals surface area contributed by atoms with Gasteiger partial charge in [0.15, 0.2) is 5.82 Å². The van der Waals surface area contributed by atoms with Gasteiger partial charge >= 0.3 is 0 Å². The number of aromatic amines is 1. The van der Waals surface area contributed by atoms with Crippen molar-refractivity contribution in [1.29, 1.82) is 5.26 Å². The summed E-state index contributed by atoms with van der Waals surface area (Å²) < 4.78 is 90.2. The zero-order chi connectivity index (χ0) is 25.4. The second kappa shape index (κ2) is 5.84. The van der Waals surface area contributed by atoms with Crippen LogP contribution in [0.3, 0.4) is 0 Å². The van der Waals surface area contributed by atoms with Crippen LogP contribution in [0.1, 0.15) is 53.0 Å². The van der Waals surface area contributed by atoms with Gasteiger partial charge in [-0.05, 0) is 24.7 Å². The average molecular weight is 317 g/mol. The number of nitrogens with zero attached hydrogens (tertiary/aromatic N) is 5. The van der Waals surface area contributed by atoms with Crippen LogP contribution in [-0.4, -0.2) is 24.7 Å². The summed E-state index contributed by atoms with van der Waals surface area (Å²) in [5.74, 6) is -1.93. The maximum absolute atomic E-state index is 9.38. The highest BCUT2D eigenvalue weighted by Crippen LogP contribution is 2.37. The first-order chi connectivity index (χ1) is 15.6. The summed E-state index contributed by atoms with van der Waals surface area (Å²) in [4.78, 5) is 10.4. The Labute approximate surface area is 150 Å². The number of rotatable bonds is 4. The van der Waals surface area contributed by atoms with Crippen LogP contribution in [0.2, 0.25) is 0 Å². The second-order valence-electron chi connectivity index (χ2n) is 4.93. The molecule has 1 N–H and O–H groups in total. The molecule has 0 aromatic carbocycles. The van der Waals surface area contributed by atoms with Crippen molar-refractivity contribution in [3.63, 3.8) is 0 Å². The number of hydrogen-bond donors (Lipinski definition) is 1. The van der Waals surface area contributed by atoms with Gasteiger partial charge in [-0.15, -0.1) is 0 Å². The van der Waals surface area contributed by atoms with Gasteiger partial charge in [-0.1, -0.05) is 12.7 Å². The van der Waals surface area contributed by atoms with Gasteiger partial charge in [-0.25, -0.2) is 9.97 Å². The molecule has 0 spiro atoms. The van der Waals surface area contributed by atoms with Gasteiger partial charge in [0.05, 0.1) is 39.5 Å². The smallest absolute Gasteiger partial charge is 0.162 e. The molecular formula is C17H18N6. The van der Waals surface area contributed by atoms with Crippen molar-refractivity contribution in [3.05, 3.63) is 30.9 Å². The lowest BCUT2D eigenvalue weighted by molar-refractivity contribution is 0.315. The van der Waals surface area contributed by atoms with Gasteiger partial charge in [-0.3, -0.25) is 4.68 Å². The molecule has 0 radical (unpaired) electrons. The molecule has 1 aliphatic carbocycles. The minimum atomic E-state index is -3.20. The predicted molar refractivity (Wildman–Crippen MR) is 85.5 cm³/mol. The number of nitrogens with one attached hydrogen (secondary N) is 1. The SMILES string of the molecule is [2H]c1nc2nc([2H])c([2H])c-2c(-c2cnn([C@H](CC#N)C3C([2H])([2H])C([2H])([2H])C([2H])([2H])C3([2H])[2H])c2)[nH]1. The summed E-state index contributed by atoms with van der Waals surface area (Å²) in [5.41, 5.74) is 0.544. The van der Waals surface area contributed by atoms with E-state index in [1.54, 1.807) is 0 Å². The van der Waals surface area contributed by atoms with E-state index in [0.717, 1.165) is 4.68 Å². The lowest BCUT2D eigenvalue weighted by atomic mass is 9.96. The molecule has 1 aromatic rings. The molecule has 3 heterocycles. The summed E-state index contributed by atoms with van der Waals surface area (Å²) in [7, 11) is 0. The molecule has 0 unspecified atom stereocenters. The summed E-state index contributed by atoms with van der Waals surface area (Å²) in [5, 5.41) is 13.5. The molecule has 6 heteroatoms. The first-order valence-electron chi connectivity index (χ1n) is 12.3. The molecule has 1 fully saturated rings. The monoisotopic (exact) mass is 317 g/mol. The minimum Gasteiger partial charge on any atom is -0.345 e. The Morgan fingerprint density at radius 1 is 1.48 bits per heavy atom. The topological polar surface area (TPSA) is 83.2 Å². The van der Waals surface area contributed by atoms with Crippen LogP contribution >= 0.6 is 0 Å². The Morgan fingerprint density at radius 2 is 2.35 bits per heavy atom. The Morgan fingerprint density at radius 3 is 3.17 bits per heavy atom. The fraction of sp³-hybridized carbons (Fsp3) is 0.412. The van der Waals surface area contributed by atoms with Crippen molar-refractivity contribution in [1.82, 2.24) is 24.7 Å². The van der Waals surface area contributed by atoms with Crippen LogP contribution in [-0.2, 0) is 0 Å². The number of fused-ring (bicyclic) bond motifs is 1. The Kier molecular flexibility index (Phi) is 1.64. The molecule has 6 nitrogen and oxygen atoms in total. The normalized spacial score (nSPS) is 32.4. The highest BCUT2D eigenvalue weighted by molar-refractivity contribution is 5.77. The summed E-state index contributed by atoms with van der Waals surface area (Å²) in [6, 6.07) is 0.187. The zero-order valence-corrected chi connectivity index (χ0v) is 11.8. The maximum Gasteiger partial charge on any atom is 0.162 e. The Hall–Kier alpha value is -2.68. The molecule has 2 aliphatic heterocycles. The van der Waals surface area contributed by atoms with E-state index in [4.69, 9.17) is 15.1 Å². The van der Waals surface area contributed by atoms with Crippen molar-refractivity contribution < 1.29 is 15.1 Å². The number of nitriles is 1. The molecular weight excluding hydrogens is 288 g/mol. The van der Waals surface area contributed by atoms with Gasteiger partial charge in [0, 0.05) is 34.5 Å². The average Bonchev–Trinajstić information content (AvgIpc) is 3.32. The largest absolute Gasteiger partial charge is 0.345 e. The molecule has 0 amide bonds. The summed E-state index contributed by atoms with van der Waals surface area (Å²) >= 11 is 0. The molecule has 23 heavy (non-hydrogen) atoms. The van der Waals surface area contributed by atoms with E-state index in [1.807, 2.05) is 6.07 Å². The van der Waals surface area contributed by atoms with E-state index in [1.165, 1.54) is 12.4 Å². The van der Waals surface area contributed by atoms with E-state index in [2.05, 4.69) is 20.1 Å². The van der Waals surface area contributed by atoms with Gasteiger partial charge in [-0.2, -0.15) is 10.4 Å². The fourth-order valence-corrected chi connectivity index (χ4v) is 2.48. The zero-order valence-electron chi connectivity index (χ0n) is 22.8. The van der Waals surface area contributed by atoms with Gasteiger partial charge in [0.25, 0.3) is 0 Å². The fourth-order valence-electron chi connectivity index (χ4n) is 2.48. The Balaban J connectivity index is 1.86. The first kappa shape index (κ1) is 6.44. The van der Waals surface area contributed by atoms with Crippen LogP contribution in [0, 0.1) is 17.2 Å². The van der Waals surface area contributed by atoms with Gasteiger partial charge < -0.3 is 4.98 Å². The molecule has 1 atom stereocenters. The van der Waals surface area contributed by atoms with Crippen LogP contribution in [0.4, 0.5) is 0 Å². The molecule has 1 aromatic heterocycles. The van der Waals surface area contributed by atoms with Crippen molar-refractivity contribution >= 4 is 0 Å². The lowest BCUT2D eigenvalue weighted by Gasteiger charge is -2.21. The third-order valence-electron chi connectivity index (χ3n) is 3.59. The van der Waals surface area contributed by atoms with Gasteiger partial charge in [0.1, 0.15) is 1.37 Å². The van der Waals surface area contributed by atoms with Crippen molar-refractivity contribution in [2.24, 2.45) is 5.92 Å². The highest BCUT2D eigenvalue weighted by atomic mass is 15.3. The first-order valence-corrected chi connectivity index (χ1v) is 6.84. The van der Waals surface area contributed by atoms with Crippen molar-refractivity contribution in [2.45, 2.75) is 38.0 Å². The number of aromatic nitrogens is 5. The van der Waals surface area contributed by atoms with Crippen LogP contribution in [0.25, 0.3) is 22.6 Å². The summed E-state index contributed by atoms with van der Waals surface area (Å²) in [6.07, 6.45) is -11.0. The Bertz CT molecular complexity index is 1250. The predicted octanol–water partition coefficient (Wildman–Crippen LogP) is 3.42. The van der Waals surface area contributed by atoms with Crippen molar-refractivity contribution in [2.75, 3.05) is 0 Å². The highest BCUT2D eigenvalue weighted by Gasteiger charge is 2.27. The van der Waals surface area contributed by atoms with E-state index in [9.17, 15) is 5.26 Å². The van der Waals surface area contributed by atoms with Crippen LogP contribution < -0.4 is 0 Å². The van der Waals surface area contributed by atoms with E-state index < -0.39 is 43.9 Å². The quantitative estimate of drug-likeness (QED) is 0.799. The van der Waals surface area contributed by atoms with Crippen LogP contribution in [0.5, 0.6) is 0 Å². The molecule has 0 saturated heterocycles. The molecule has 3 aliphatic rings. The summed E-state index contributed by atoms with van der Waals surface area (Å²) in [6.45, 7) is 0. The standard InChI is InChI=1S/C17H18N6/c18-7-5-15(12-3-1-2-4-12)23-10-13(9-22-23)16-14-6-8-19-17(14)21-11-20-16/h6,8-12,15H,1-5H2,(H,19,20,21)/t15-/m1/s1/i1D2,2D2,3D2,4D2,6D,8D,11D. The van der Waals surface area contributed by atoms with E-state index >= 15 is 0 Å².